The van der Waals surface area contributed by atoms with E-state index in [0.29, 0.717) is 24.6 Å². The molecule has 0 atom stereocenters. The van der Waals surface area contributed by atoms with E-state index in [2.05, 4.69) is 17.2 Å². The summed E-state index contributed by atoms with van der Waals surface area (Å²) in [6.45, 7) is 4.46. The highest BCUT2D eigenvalue weighted by Gasteiger charge is 2.28. The number of hydrogen-bond acceptors (Lipinski definition) is 3. The second kappa shape index (κ2) is 6.46. The minimum Gasteiger partial charge on any atom is -0.490 e. The highest BCUT2D eigenvalue weighted by Crippen LogP contribution is 2.37. The molecule has 1 saturated carbocycles. The predicted molar refractivity (Wildman–Crippen MR) is 88.7 cm³/mol. The minimum absolute atomic E-state index is 0.316. The summed E-state index contributed by atoms with van der Waals surface area (Å²) in [4.78, 5) is 4.52. The third-order valence-electron chi connectivity index (χ3n) is 4.46. The number of nitrogens with zero attached hydrogens (tertiary/aromatic N) is 1. The van der Waals surface area contributed by atoms with Crippen LogP contribution in [0.4, 0.5) is 5.69 Å². The van der Waals surface area contributed by atoms with Gasteiger partial charge in [-0.15, -0.1) is 0 Å². The summed E-state index contributed by atoms with van der Waals surface area (Å²) < 4.78 is 11.3. The van der Waals surface area contributed by atoms with Crippen LogP contribution < -0.4 is 20.5 Å². The molecule has 0 radical (unpaired) electrons. The molecular weight excluding hydrogens is 278 g/mol. The molecule has 0 spiro atoms. The Hall–Kier alpha value is -1.91. The van der Waals surface area contributed by atoms with Gasteiger partial charge >= 0.3 is 0 Å². The average molecular weight is 303 g/mol. The zero-order valence-corrected chi connectivity index (χ0v) is 13.2. The molecule has 5 heteroatoms. The number of ether oxygens (including phenoxy) is 2. The lowest BCUT2D eigenvalue weighted by Gasteiger charge is -2.20. The van der Waals surface area contributed by atoms with E-state index in [1.807, 2.05) is 18.2 Å². The van der Waals surface area contributed by atoms with E-state index < -0.39 is 0 Å². The first-order valence-electron chi connectivity index (χ1n) is 8.11. The molecule has 0 bridgehead atoms. The van der Waals surface area contributed by atoms with Gasteiger partial charge in [-0.1, -0.05) is 19.8 Å². The first-order valence-corrected chi connectivity index (χ1v) is 8.11. The van der Waals surface area contributed by atoms with Crippen molar-refractivity contribution in [3.05, 3.63) is 18.2 Å². The van der Waals surface area contributed by atoms with Crippen molar-refractivity contribution in [1.82, 2.24) is 0 Å². The van der Waals surface area contributed by atoms with Crippen LogP contribution in [0.3, 0.4) is 0 Å². The van der Waals surface area contributed by atoms with Crippen LogP contribution in [0.2, 0.25) is 0 Å². The molecular formula is C17H25N3O2. The van der Waals surface area contributed by atoms with E-state index in [9.17, 15) is 0 Å². The van der Waals surface area contributed by atoms with Gasteiger partial charge in [0, 0.05) is 24.7 Å². The lowest BCUT2D eigenvalue weighted by Crippen LogP contribution is -2.25. The van der Waals surface area contributed by atoms with Gasteiger partial charge in [0.25, 0.3) is 0 Å². The van der Waals surface area contributed by atoms with Crippen molar-refractivity contribution in [3.8, 4) is 11.5 Å². The Bertz CT molecular complexity index is 551. The van der Waals surface area contributed by atoms with Crippen LogP contribution in [0.15, 0.2) is 23.2 Å². The van der Waals surface area contributed by atoms with Gasteiger partial charge in [0.1, 0.15) is 0 Å². The number of hydrogen-bond donors (Lipinski definition) is 2. The smallest absolute Gasteiger partial charge is 0.193 e. The van der Waals surface area contributed by atoms with Gasteiger partial charge in [-0.3, -0.25) is 4.99 Å². The topological polar surface area (TPSA) is 68.9 Å². The van der Waals surface area contributed by atoms with E-state index in [0.717, 1.165) is 30.2 Å². The molecule has 0 unspecified atom stereocenters. The summed E-state index contributed by atoms with van der Waals surface area (Å²) in [6, 6.07) is 5.77. The average Bonchev–Trinajstić information content (AvgIpc) is 2.80. The van der Waals surface area contributed by atoms with Gasteiger partial charge in [-0.05, 0) is 30.4 Å². The Kier molecular flexibility index (Phi) is 4.41. The van der Waals surface area contributed by atoms with E-state index in [-0.39, 0.29) is 0 Å². The van der Waals surface area contributed by atoms with Crippen molar-refractivity contribution >= 4 is 11.6 Å². The number of nitrogens with two attached hydrogens (primary N) is 1. The summed E-state index contributed by atoms with van der Waals surface area (Å²) in [7, 11) is 0. The predicted octanol–water partition coefficient (Wildman–Crippen LogP) is 3.15. The monoisotopic (exact) mass is 303 g/mol. The summed E-state index contributed by atoms with van der Waals surface area (Å²) in [5.41, 5.74) is 7.21. The van der Waals surface area contributed by atoms with Crippen LogP contribution in [0.25, 0.3) is 0 Å². The van der Waals surface area contributed by atoms with Crippen LogP contribution in [0.1, 0.15) is 39.0 Å². The number of guanidine groups is 1. The van der Waals surface area contributed by atoms with Gasteiger partial charge in [0.15, 0.2) is 17.5 Å². The van der Waals surface area contributed by atoms with E-state index >= 15 is 0 Å². The number of aliphatic imine (C=N–C) groups is 1. The molecule has 1 aromatic rings. The maximum atomic E-state index is 6.02. The van der Waals surface area contributed by atoms with Crippen molar-refractivity contribution in [2.45, 2.75) is 39.0 Å². The number of anilines is 1. The molecule has 0 saturated heterocycles. The van der Waals surface area contributed by atoms with Crippen LogP contribution in [-0.2, 0) is 0 Å². The molecule has 1 aliphatic heterocycles. The molecule has 1 fully saturated rings. The molecule has 3 rings (SSSR count). The molecule has 0 aromatic heterocycles. The van der Waals surface area contributed by atoms with Crippen LogP contribution in [-0.4, -0.2) is 25.7 Å². The molecule has 0 amide bonds. The van der Waals surface area contributed by atoms with Crippen LogP contribution >= 0.6 is 0 Å². The van der Waals surface area contributed by atoms with E-state index in [4.69, 9.17) is 15.2 Å². The number of nitrogens with one attached hydrogen (secondary N) is 1. The van der Waals surface area contributed by atoms with Gasteiger partial charge in [0.05, 0.1) is 13.2 Å². The zero-order chi connectivity index (χ0) is 15.4. The third-order valence-corrected chi connectivity index (χ3v) is 4.46. The largest absolute Gasteiger partial charge is 0.490 e. The molecule has 1 aliphatic carbocycles. The SMILES string of the molecule is CC1(CN=C(N)Nc2ccc3c(c2)OCCCO3)CCCC1. The minimum atomic E-state index is 0.316. The van der Waals surface area contributed by atoms with Gasteiger partial charge in [0.2, 0.25) is 0 Å². The van der Waals surface area contributed by atoms with E-state index in [1.165, 1.54) is 25.7 Å². The van der Waals surface area contributed by atoms with Gasteiger partial charge < -0.3 is 20.5 Å². The fourth-order valence-corrected chi connectivity index (χ4v) is 3.09. The van der Waals surface area contributed by atoms with Crippen molar-refractivity contribution < 1.29 is 9.47 Å². The standard InChI is InChI=1S/C17H25N3O2/c1-17(7-2-3-8-17)12-19-16(18)20-13-5-6-14-15(11-13)22-10-4-9-21-14/h5-6,11H,2-4,7-10,12H2,1H3,(H3,18,19,20). The number of benzene rings is 1. The Morgan fingerprint density at radius 2 is 1.91 bits per heavy atom. The molecule has 22 heavy (non-hydrogen) atoms. The molecule has 5 nitrogen and oxygen atoms in total. The van der Waals surface area contributed by atoms with Gasteiger partial charge in [-0.25, -0.2) is 0 Å². The van der Waals surface area contributed by atoms with Crippen molar-refractivity contribution in [2.24, 2.45) is 16.1 Å². The molecule has 3 N–H and O–H groups in total. The lowest BCUT2D eigenvalue weighted by atomic mass is 9.89. The lowest BCUT2D eigenvalue weighted by molar-refractivity contribution is 0.297. The Morgan fingerprint density at radius 1 is 1.18 bits per heavy atom. The maximum absolute atomic E-state index is 6.02. The maximum Gasteiger partial charge on any atom is 0.193 e. The first kappa shape index (κ1) is 15.0. The van der Waals surface area contributed by atoms with E-state index in [1.54, 1.807) is 0 Å². The summed E-state index contributed by atoms with van der Waals surface area (Å²) >= 11 is 0. The number of fused-ring (bicyclic) bond motifs is 1. The second-order valence-electron chi connectivity index (χ2n) is 6.56. The fraction of sp³-hybridized carbons (Fsp3) is 0.588. The first-order chi connectivity index (χ1) is 10.6. The summed E-state index contributed by atoms with van der Waals surface area (Å²) in [6.07, 6.45) is 6.00. The van der Waals surface area contributed by atoms with Crippen molar-refractivity contribution in [3.63, 3.8) is 0 Å². The van der Waals surface area contributed by atoms with Crippen molar-refractivity contribution in [1.29, 1.82) is 0 Å². The van der Waals surface area contributed by atoms with Crippen LogP contribution in [0, 0.1) is 5.41 Å². The molecule has 1 aromatic carbocycles. The van der Waals surface area contributed by atoms with Crippen LogP contribution in [0.5, 0.6) is 11.5 Å². The normalized spacial score (nSPS) is 20.5. The molecule has 1 heterocycles. The Balaban J connectivity index is 1.63. The Labute approximate surface area is 131 Å². The summed E-state index contributed by atoms with van der Waals surface area (Å²) in [5.74, 6) is 2.01. The van der Waals surface area contributed by atoms with Crippen molar-refractivity contribution in [2.75, 3.05) is 25.1 Å². The third kappa shape index (κ3) is 3.64. The highest BCUT2D eigenvalue weighted by atomic mass is 16.5. The fourth-order valence-electron chi connectivity index (χ4n) is 3.09. The second-order valence-corrected chi connectivity index (χ2v) is 6.56. The highest BCUT2D eigenvalue weighted by molar-refractivity contribution is 5.92. The van der Waals surface area contributed by atoms with Gasteiger partial charge in [-0.2, -0.15) is 0 Å². The Morgan fingerprint density at radius 3 is 2.68 bits per heavy atom. The molecule has 120 valence electrons. The zero-order valence-electron chi connectivity index (χ0n) is 13.2. The molecule has 2 aliphatic rings. The summed E-state index contributed by atoms with van der Waals surface area (Å²) in [5, 5.41) is 3.15. The quantitative estimate of drug-likeness (QED) is 0.665. The number of rotatable bonds is 3.